The fourth-order valence-electron chi connectivity index (χ4n) is 2.42. The summed E-state index contributed by atoms with van der Waals surface area (Å²) in [5.74, 6) is 0.735. The standard InChI is InChI=1S/C14H20N4/c1-10-4-6-16-14(13(10)9-15)17-12-5-7-18(3)11(2)8-12/h4,6,11-12H,5,7-8H2,1-3H3,(H,16,17). The summed E-state index contributed by atoms with van der Waals surface area (Å²) < 4.78 is 0. The Labute approximate surface area is 109 Å². The van der Waals surface area contributed by atoms with Gasteiger partial charge in [0.05, 0.1) is 5.56 Å². The third-order valence-electron chi connectivity index (χ3n) is 3.82. The zero-order valence-corrected chi connectivity index (χ0v) is 11.3. The number of anilines is 1. The van der Waals surface area contributed by atoms with E-state index >= 15 is 0 Å². The van der Waals surface area contributed by atoms with Gasteiger partial charge in [-0.25, -0.2) is 4.98 Å². The first-order valence-electron chi connectivity index (χ1n) is 6.44. The van der Waals surface area contributed by atoms with E-state index < -0.39 is 0 Å². The third-order valence-corrected chi connectivity index (χ3v) is 3.82. The molecular formula is C14H20N4. The number of rotatable bonds is 2. The molecule has 1 fully saturated rings. The molecule has 4 nitrogen and oxygen atoms in total. The molecule has 18 heavy (non-hydrogen) atoms. The second kappa shape index (κ2) is 5.36. The third kappa shape index (κ3) is 2.62. The maximum atomic E-state index is 9.18. The Hall–Kier alpha value is -1.60. The molecule has 2 heterocycles. The summed E-state index contributed by atoms with van der Waals surface area (Å²) in [5, 5.41) is 12.6. The smallest absolute Gasteiger partial charge is 0.144 e. The molecule has 1 aromatic rings. The first-order valence-corrected chi connectivity index (χ1v) is 6.44. The van der Waals surface area contributed by atoms with Gasteiger partial charge in [-0.1, -0.05) is 0 Å². The summed E-state index contributed by atoms with van der Waals surface area (Å²) in [7, 11) is 2.16. The normalized spacial score (nSPS) is 24.6. The van der Waals surface area contributed by atoms with Gasteiger partial charge in [-0.15, -0.1) is 0 Å². The Kier molecular flexibility index (Phi) is 3.83. The van der Waals surface area contributed by atoms with Crippen LogP contribution in [0.1, 0.15) is 30.9 Å². The molecule has 0 amide bonds. The van der Waals surface area contributed by atoms with Crippen molar-refractivity contribution in [3.63, 3.8) is 0 Å². The SMILES string of the molecule is Cc1ccnc(NC2CCN(C)C(C)C2)c1C#N. The minimum atomic E-state index is 0.414. The van der Waals surface area contributed by atoms with Crippen LogP contribution in [-0.2, 0) is 0 Å². The van der Waals surface area contributed by atoms with Crippen LogP contribution in [0.2, 0.25) is 0 Å². The van der Waals surface area contributed by atoms with Crippen LogP contribution >= 0.6 is 0 Å². The van der Waals surface area contributed by atoms with Crippen LogP contribution in [0.5, 0.6) is 0 Å². The number of aromatic nitrogens is 1. The topological polar surface area (TPSA) is 52.0 Å². The van der Waals surface area contributed by atoms with Gasteiger partial charge < -0.3 is 10.2 Å². The highest BCUT2D eigenvalue weighted by Gasteiger charge is 2.23. The highest BCUT2D eigenvalue weighted by atomic mass is 15.2. The van der Waals surface area contributed by atoms with Gasteiger partial charge >= 0.3 is 0 Å². The number of hydrogen-bond donors (Lipinski definition) is 1. The molecule has 0 aromatic carbocycles. The molecule has 1 aliphatic heterocycles. The number of piperidine rings is 1. The second-order valence-corrected chi connectivity index (χ2v) is 5.16. The molecule has 96 valence electrons. The Morgan fingerprint density at radius 2 is 2.33 bits per heavy atom. The van der Waals surface area contributed by atoms with Crippen LogP contribution in [-0.4, -0.2) is 35.6 Å². The Morgan fingerprint density at radius 1 is 1.56 bits per heavy atom. The monoisotopic (exact) mass is 244 g/mol. The highest BCUT2D eigenvalue weighted by Crippen LogP contribution is 2.22. The maximum absolute atomic E-state index is 9.18. The average Bonchev–Trinajstić information content (AvgIpc) is 2.34. The Morgan fingerprint density at radius 3 is 3.00 bits per heavy atom. The molecule has 0 aliphatic carbocycles. The molecular weight excluding hydrogens is 224 g/mol. The largest absolute Gasteiger partial charge is 0.366 e. The lowest BCUT2D eigenvalue weighted by Gasteiger charge is -2.35. The van der Waals surface area contributed by atoms with Gasteiger partial charge in [-0.05, 0) is 45.4 Å². The molecule has 0 saturated carbocycles. The Balaban J connectivity index is 2.11. The van der Waals surface area contributed by atoms with Crippen LogP contribution in [0.3, 0.4) is 0 Å². The minimum Gasteiger partial charge on any atom is -0.366 e. The van der Waals surface area contributed by atoms with E-state index in [4.69, 9.17) is 0 Å². The number of nitrogens with zero attached hydrogens (tertiary/aromatic N) is 3. The van der Waals surface area contributed by atoms with E-state index in [9.17, 15) is 5.26 Å². The van der Waals surface area contributed by atoms with Crippen molar-refractivity contribution >= 4 is 5.82 Å². The minimum absolute atomic E-state index is 0.414. The molecule has 0 radical (unpaired) electrons. The molecule has 2 atom stereocenters. The van der Waals surface area contributed by atoms with Crippen LogP contribution in [0.4, 0.5) is 5.82 Å². The zero-order chi connectivity index (χ0) is 13.1. The van der Waals surface area contributed by atoms with E-state index in [1.807, 2.05) is 13.0 Å². The molecule has 1 aliphatic rings. The quantitative estimate of drug-likeness (QED) is 0.866. The van der Waals surface area contributed by atoms with Crippen molar-refractivity contribution in [2.24, 2.45) is 0 Å². The maximum Gasteiger partial charge on any atom is 0.144 e. The lowest BCUT2D eigenvalue weighted by atomic mass is 9.98. The first kappa shape index (κ1) is 12.8. The van der Waals surface area contributed by atoms with E-state index in [2.05, 4.69) is 35.2 Å². The number of pyridine rings is 1. The van der Waals surface area contributed by atoms with Crippen molar-refractivity contribution in [3.8, 4) is 6.07 Å². The number of likely N-dealkylation sites (tertiary alicyclic amines) is 1. The van der Waals surface area contributed by atoms with Gasteiger partial charge in [-0.3, -0.25) is 0 Å². The summed E-state index contributed by atoms with van der Waals surface area (Å²) in [6.07, 6.45) is 3.95. The molecule has 1 saturated heterocycles. The van der Waals surface area contributed by atoms with Crippen LogP contribution in [0.15, 0.2) is 12.3 Å². The summed E-state index contributed by atoms with van der Waals surface area (Å²) in [4.78, 5) is 6.67. The summed E-state index contributed by atoms with van der Waals surface area (Å²) >= 11 is 0. The van der Waals surface area contributed by atoms with Crippen molar-refractivity contribution in [2.75, 3.05) is 18.9 Å². The molecule has 1 N–H and O–H groups in total. The van der Waals surface area contributed by atoms with Crippen LogP contribution in [0.25, 0.3) is 0 Å². The molecule has 2 unspecified atom stereocenters. The molecule has 0 spiro atoms. The van der Waals surface area contributed by atoms with Crippen LogP contribution < -0.4 is 5.32 Å². The van der Waals surface area contributed by atoms with Crippen molar-refractivity contribution < 1.29 is 0 Å². The van der Waals surface area contributed by atoms with Crippen molar-refractivity contribution in [3.05, 3.63) is 23.4 Å². The molecule has 4 heteroatoms. The van der Waals surface area contributed by atoms with Gasteiger partial charge in [0, 0.05) is 24.8 Å². The zero-order valence-electron chi connectivity index (χ0n) is 11.3. The van der Waals surface area contributed by atoms with Crippen molar-refractivity contribution in [1.82, 2.24) is 9.88 Å². The summed E-state index contributed by atoms with van der Waals surface area (Å²) in [6.45, 7) is 5.28. The lowest BCUT2D eigenvalue weighted by molar-refractivity contribution is 0.190. The van der Waals surface area contributed by atoms with Gasteiger partial charge in [-0.2, -0.15) is 5.26 Å². The van der Waals surface area contributed by atoms with Gasteiger partial charge in [0.2, 0.25) is 0 Å². The summed E-state index contributed by atoms with van der Waals surface area (Å²) in [6, 6.07) is 5.10. The van der Waals surface area contributed by atoms with E-state index in [1.54, 1.807) is 6.20 Å². The van der Waals surface area contributed by atoms with Crippen LogP contribution in [0, 0.1) is 18.3 Å². The van der Waals surface area contributed by atoms with Gasteiger partial charge in [0.1, 0.15) is 11.9 Å². The number of nitrogens with one attached hydrogen (secondary N) is 1. The van der Waals surface area contributed by atoms with Gasteiger partial charge in [0.15, 0.2) is 0 Å². The highest BCUT2D eigenvalue weighted by molar-refractivity contribution is 5.55. The fraction of sp³-hybridized carbons (Fsp3) is 0.571. The van der Waals surface area contributed by atoms with E-state index in [0.717, 1.165) is 30.8 Å². The average molecular weight is 244 g/mol. The van der Waals surface area contributed by atoms with E-state index in [1.165, 1.54) is 0 Å². The fourth-order valence-corrected chi connectivity index (χ4v) is 2.42. The molecule has 2 rings (SSSR count). The predicted octanol–water partition coefficient (Wildman–Crippen LogP) is 2.16. The van der Waals surface area contributed by atoms with Crippen molar-refractivity contribution in [2.45, 2.75) is 38.8 Å². The van der Waals surface area contributed by atoms with E-state index in [-0.39, 0.29) is 0 Å². The van der Waals surface area contributed by atoms with Crippen molar-refractivity contribution in [1.29, 1.82) is 5.26 Å². The summed E-state index contributed by atoms with van der Waals surface area (Å²) in [5.41, 5.74) is 1.65. The van der Waals surface area contributed by atoms with E-state index in [0.29, 0.717) is 17.6 Å². The molecule has 0 bridgehead atoms. The number of hydrogen-bond acceptors (Lipinski definition) is 4. The molecule has 1 aromatic heterocycles. The number of aryl methyl sites for hydroxylation is 1. The second-order valence-electron chi connectivity index (χ2n) is 5.16. The Bertz CT molecular complexity index is 463. The predicted molar refractivity (Wildman–Crippen MR) is 72.4 cm³/mol. The lowest BCUT2D eigenvalue weighted by Crippen LogP contribution is -2.42. The first-order chi connectivity index (χ1) is 8.61. The van der Waals surface area contributed by atoms with Gasteiger partial charge in [0.25, 0.3) is 0 Å². The number of nitriles is 1.